The van der Waals surface area contributed by atoms with Crippen LogP contribution in [0.4, 0.5) is 0 Å². The van der Waals surface area contributed by atoms with E-state index in [4.69, 9.17) is 12.6 Å². The summed E-state index contributed by atoms with van der Waals surface area (Å²) >= 11 is 0. The quantitative estimate of drug-likeness (QED) is 0.342. The number of rotatable bonds is 0. The van der Waals surface area contributed by atoms with Crippen LogP contribution < -0.4 is 0 Å². The number of hydrogen-bond acceptors (Lipinski definition) is 3. The van der Waals surface area contributed by atoms with E-state index in [2.05, 4.69) is 0 Å². The van der Waals surface area contributed by atoms with E-state index in [0.717, 1.165) is 0 Å². The van der Waals surface area contributed by atoms with Gasteiger partial charge in [-0.25, -0.2) is 0 Å². The molecule has 0 aromatic heterocycles. The molecular formula is H4CaO4S. The average molecular weight is 140 g/mol. The molecule has 36 valence electrons. The van der Waals surface area contributed by atoms with E-state index >= 15 is 0 Å². The van der Waals surface area contributed by atoms with E-state index in [-0.39, 0.29) is 43.2 Å². The molecule has 0 bridgehead atoms. The van der Waals surface area contributed by atoms with Crippen LogP contribution in [0.15, 0.2) is 0 Å². The average Bonchev–Trinajstić information content (AvgIpc) is 0.811. The summed E-state index contributed by atoms with van der Waals surface area (Å²) in [5, 5.41) is 0. The van der Waals surface area contributed by atoms with Crippen LogP contribution in [0.1, 0.15) is 0 Å². The molecule has 0 heterocycles. The zero-order valence-electron chi connectivity index (χ0n) is 2.13. The van der Waals surface area contributed by atoms with E-state index in [0.29, 0.717) is 0 Å². The summed E-state index contributed by atoms with van der Waals surface area (Å²) < 4.78 is 25.3. The van der Waals surface area contributed by atoms with Crippen LogP contribution in [0.2, 0.25) is 0 Å². The van der Waals surface area contributed by atoms with Crippen molar-refractivity contribution in [1.82, 2.24) is 0 Å². The second-order valence-electron chi connectivity index (χ2n) is 0.204. The Kier molecular flexibility index (Phi) is 24.5. The van der Waals surface area contributed by atoms with Gasteiger partial charge < -0.3 is 5.48 Å². The molecule has 0 saturated carbocycles. The van der Waals surface area contributed by atoms with Crippen LogP contribution >= 0.6 is 0 Å². The maximum atomic E-state index is 8.44. The molecule has 0 rings (SSSR count). The van der Waals surface area contributed by atoms with E-state index in [1.165, 1.54) is 0 Å². The normalized spacial score (nSPS) is 4.00. The summed E-state index contributed by atoms with van der Waals surface area (Å²) in [5.74, 6) is 0. The Hall–Kier alpha value is 0.840. The summed E-state index contributed by atoms with van der Waals surface area (Å²) in [6, 6.07) is 0. The first kappa shape index (κ1) is 15.8. The minimum atomic E-state index is -3.11. The minimum absolute atomic E-state index is 0. The first-order chi connectivity index (χ1) is 1.73. The van der Waals surface area contributed by atoms with Gasteiger partial charge in [0.15, 0.2) is 0 Å². The predicted molar refractivity (Wildman–Crippen MR) is 21.9 cm³/mol. The molecule has 0 atom stereocenters. The maximum absolute atomic E-state index is 8.44. The number of hydrogen-bond donors (Lipinski definition) is 0. The molecule has 2 N–H and O–H groups in total. The van der Waals surface area contributed by atoms with Crippen LogP contribution in [-0.2, 0) is 10.6 Å². The van der Waals surface area contributed by atoms with Gasteiger partial charge in [0, 0.05) is 0 Å². The summed E-state index contributed by atoms with van der Waals surface area (Å²) in [6.45, 7) is 0. The topological polar surface area (TPSA) is 82.7 Å². The van der Waals surface area contributed by atoms with Crippen LogP contribution in [0.25, 0.3) is 0 Å². The van der Waals surface area contributed by atoms with Crippen LogP contribution in [-0.4, -0.2) is 55.8 Å². The molecule has 6 heavy (non-hydrogen) atoms. The van der Waals surface area contributed by atoms with Gasteiger partial charge in [-0.2, -0.15) is 0 Å². The van der Waals surface area contributed by atoms with Gasteiger partial charge in [-0.05, 0) is 0 Å². The SMILES string of the molecule is O.O=S(=O)=O.[CaH2]. The second-order valence-corrected chi connectivity index (χ2v) is 0.612. The Morgan fingerprint density at radius 1 is 1.00 bits per heavy atom. The van der Waals surface area contributed by atoms with Crippen molar-refractivity contribution < 1.29 is 18.1 Å². The monoisotopic (exact) mass is 140 g/mol. The summed E-state index contributed by atoms with van der Waals surface area (Å²) in [4.78, 5) is 0. The third-order valence-corrected chi connectivity index (χ3v) is 0. The standard InChI is InChI=1S/Ca.O3S.H2O.2H/c;1-4(2)3;;;/h;;1H2;;. The van der Waals surface area contributed by atoms with Gasteiger partial charge in [-0.15, -0.1) is 12.6 Å². The van der Waals surface area contributed by atoms with Gasteiger partial charge in [-0.1, -0.05) is 0 Å². The Bertz CT molecular complexity index is 76.9. The predicted octanol–water partition coefficient (Wildman–Crippen LogP) is -2.75. The van der Waals surface area contributed by atoms with E-state index in [9.17, 15) is 0 Å². The van der Waals surface area contributed by atoms with Gasteiger partial charge in [0.25, 0.3) is 0 Å². The van der Waals surface area contributed by atoms with Crippen molar-refractivity contribution >= 4 is 48.3 Å². The molecule has 0 radical (unpaired) electrons. The van der Waals surface area contributed by atoms with E-state index in [1.54, 1.807) is 0 Å². The summed E-state index contributed by atoms with van der Waals surface area (Å²) in [6.07, 6.45) is 0. The summed E-state index contributed by atoms with van der Waals surface area (Å²) in [7, 11) is -3.11. The molecule has 0 aliphatic rings. The van der Waals surface area contributed by atoms with Crippen LogP contribution in [0, 0.1) is 0 Å². The summed E-state index contributed by atoms with van der Waals surface area (Å²) in [5.41, 5.74) is 0. The Balaban J connectivity index is -0.0000000450. The Morgan fingerprint density at radius 3 is 1.00 bits per heavy atom. The van der Waals surface area contributed by atoms with Gasteiger partial charge in [0.2, 0.25) is 0 Å². The van der Waals surface area contributed by atoms with Crippen molar-refractivity contribution in [2.24, 2.45) is 0 Å². The molecule has 0 aromatic carbocycles. The third kappa shape index (κ3) is 101. The Labute approximate surface area is 65.9 Å². The fraction of sp³-hybridized carbons (Fsp3) is 0. The molecular weight excluding hydrogens is 136 g/mol. The van der Waals surface area contributed by atoms with Gasteiger partial charge in [0.05, 0.1) is 0 Å². The molecule has 4 nitrogen and oxygen atoms in total. The van der Waals surface area contributed by atoms with Crippen molar-refractivity contribution in [3.8, 4) is 0 Å². The zero-order chi connectivity index (χ0) is 3.58. The first-order valence-electron chi connectivity index (χ1n) is 0.500. The third-order valence-electron chi connectivity index (χ3n) is 0. The molecule has 0 fully saturated rings. The molecule has 0 unspecified atom stereocenters. The molecule has 0 spiro atoms. The molecule has 6 heteroatoms. The zero-order valence-corrected chi connectivity index (χ0v) is 2.95. The van der Waals surface area contributed by atoms with E-state index < -0.39 is 10.6 Å². The van der Waals surface area contributed by atoms with Crippen molar-refractivity contribution in [3.05, 3.63) is 0 Å². The molecule has 0 aromatic rings. The fourth-order valence-electron chi connectivity index (χ4n) is 0. The van der Waals surface area contributed by atoms with Crippen molar-refractivity contribution in [2.75, 3.05) is 0 Å². The fourth-order valence-corrected chi connectivity index (χ4v) is 0. The molecule has 0 aliphatic heterocycles. The van der Waals surface area contributed by atoms with Gasteiger partial charge >= 0.3 is 48.3 Å². The molecule has 0 amide bonds. The second kappa shape index (κ2) is 9.28. The van der Waals surface area contributed by atoms with Crippen LogP contribution in [0.3, 0.4) is 0 Å². The first-order valence-corrected chi connectivity index (χ1v) is 1.50. The van der Waals surface area contributed by atoms with Crippen molar-refractivity contribution in [3.63, 3.8) is 0 Å². The van der Waals surface area contributed by atoms with Crippen LogP contribution in [0.5, 0.6) is 0 Å². The molecule has 0 saturated heterocycles. The van der Waals surface area contributed by atoms with E-state index in [1.807, 2.05) is 0 Å². The van der Waals surface area contributed by atoms with Gasteiger partial charge in [0.1, 0.15) is 0 Å². The van der Waals surface area contributed by atoms with Crippen molar-refractivity contribution in [2.45, 2.75) is 0 Å². The Morgan fingerprint density at radius 2 is 1.00 bits per heavy atom. The molecule has 0 aliphatic carbocycles. The van der Waals surface area contributed by atoms with Crippen molar-refractivity contribution in [1.29, 1.82) is 0 Å². The van der Waals surface area contributed by atoms with Gasteiger partial charge in [-0.3, -0.25) is 0 Å².